The summed E-state index contributed by atoms with van der Waals surface area (Å²) in [6.45, 7) is 2.27. The molecule has 3 aromatic carbocycles. The van der Waals surface area contributed by atoms with E-state index < -0.39 is 0 Å². The number of para-hydroxylation sites is 1. The van der Waals surface area contributed by atoms with Gasteiger partial charge in [0, 0.05) is 9.79 Å². The first kappa shape index (κ1) is 22.9. The van der Waals surface area contributed by atoms with E-state index in [1.54, 1.807) is 0 Å². The number of hydrogen-bond donors (Lipinski definition) is 0. The fraction of sp³-hybridized carbons (Fsp3) is 0.333. The summed E-state index contributed by atoms with van der Waals surface area (Å²) in [6, 6.07) is 29.7. The Kier molecular flexibility index (Phi) is 8.30. The average molecular weight is 462 g/mol. The van der Waals surface area contributed by atoms with E-state index in [-0.39, 0.29) is 4.20 Å². The Morgan fingerprint density at radius 3 is 1.91 bits per heavy atom. The fourth-order valence-electron chi connectivity index (χ4n) is 3.91. The summed E-state index contributed by atoms with van der Waals surface area (Å²) in [5.41, 5.74) is 2.03. The lowest BCUT2D eigenvalue weighted by atomic mass is 10.1. The summed E-state index contributed by atoms with van der Waals surface area (Å²) >= 11 is 3.79. The molecule has 4 aromatic rings. The van der Waals surface area contributed by atoms with Crippen LogP contribution in [0.3, 0.4) is 0 Å². The standard InChI is InChI=1S/C27H31N3S2/c1-2-3-4-5-6-15-22-27(31-23-16-9-7-10-17-23,32-24-18-11-8-12-19-24)30-26-21-14-13-20-25(26)28-29-30/h7-14,16-21H,2-6,15,22H2,1H3. The molecule has 0 atom stereocenters. The van der Waals surface area contributed by atoms with Crippen molar-refractivity contribution < 1.29 is 0 Å². The molecule has 5 heteroatoms. The summed E-state index contributed by atoms with van der Waals surface area (Å²) in [5, 5.41) is 9.24. The Labute approximate surface area is 200 Å². The van der Waals surface area contributed by atoms with Gasteiger partial charge in [-0.25, -0.2) is 4.68 Å². The molecule has 1 heterocycles. The van der Waals surface area contributed by atoms with E-state index in [9.17, 15) is 0 Å². The Hall–Kier alpha value is -2.24. The minimum atomic E-state index is -0.316. The number of hydrogen-bond acceptors (Lipinski definition) is 4. The van der Waals surface area contributed by atoms with Crippen LogP contribution in [0.15, 0.2) is 94.7 Å². The normalized spacial score (nSPS) is 11.8. The second kappa shape index (κ2) is 11.6. The minimum Gasteiger partial charge on any atom is -0.218 e. The van der Waals surface area contributed by atoms with Crippen molar-refractivity contribution in [3.8, 4) is 0 Å². The van der Waals surface area contributed by atoms with Crippen molar-refractivity contribution in [2.75, 3.05) is 0 Å². The molecule has 4 rings (SSSR count). The molecule has 0 aliphatic heterocycles. The highest BCUT2D eigenvalue weighted by Crippen LogP contribution is 2.53. The number of aromatic nitrogens is 3. The van der Waals surface area contributed by atoms with Crippen molar-refractivity contribution in [2.45, 2.75) is 65.9 Å². The first-order valence-electron chi connectivity index (χ1n) is 11.6. The van der Waals surface area contributed by atoms with Gasteiger partial charge in [-0.05, 0) is 49.2 Å². The first-order chi connectivity index (χ1) is 15.8. The van der Waals surface area contributed by atoms with Gasteiger partial charge in [-0.1, -0.05) is 116 Å². The topological polar surface area (TPSA) is 30.7 Å². The van der Waals surface area contributed by atoms with Crippen LogP contribution in [-0.4, -0.2) is 15.0 Å². The Morgan fingerprint density at radius 2 is 1.25 bits per heavy atom. The van der Waals surface area contributed by atoms with E-state index in [4.69, 9.17) is 5.21 Å². The largest absolute Gasteiger partial charge is 0.218 e. The van der Waals surface area contributed by atoms with E-state index >= 15 is 0 Å². The number of benzene rings is 3. The van der Waals surface area contributed by atoms with Crippen LogP contribution < -0.4 is 0 Å². The summed E-state index contributed by atoms with van der Waals surface area (Å²) < 4.78 is 1.85. The fourth-order valence-corrected chi connectivity index (χ4v) is 6.91. The number of unbranched alkanes of at least 4 members (excludes halogenated alkanes) is 5. The maximum absolute atomic E-state index is 4.71. The molecular weight excluding hydrogens is 430 g/mol. The maximum atomic E-state index is 4.71. The first-order valence-corrected chi connectivity index (χ1v) is 13.2. The molecule has 0 radical (unpaired) electrons. The highest BCUT2D eigenvalue weighted by molar-refractivity contribution is 8.17. The highest BCUT2D eigenvalue weighted by Gasteiger charge is 2.37. The molecule has 0 N–H and O–H groups in total. The summed E-state index contributed by atoms with van der Waals surface area (Å²) in [4.78, 5) is 2.50. The molecule has 0 saturated heterocycles. The molecule has 0 aliphatic carbocycles. The minimum absolute atomic E-state index is 0.316. The van der Waals surface area contributed by atoms with Crippen molar-refractivity contribution >= 4 is 34.6 Å². The number of rotatable bonds is 12. The number of nitrogens with zero attached hydrogens (tertiary/aromatic N) is 3. The molecule has 0 spiro atoms. The van der Waals surface area contributed by atoms with Crippen LogP contribution in [0.25, 0.3) is 11.0 Å². The van der Waals surface area contributed by atoms with Crippen LogP contribution in [0.5, 0.6) is 0 Å². The van der Waals surface area contributed by atoms with E-state index in [1.807, 2.05) is 29.6 Å². The molecule has 0 saturated carbocycles. The SMILES string of the molecule is CCCCCCCCC(Sc1ccccc1)(Sc1ccccc1)n1nnc2ccccc21. The van der Waals surface area contributed by atoms with Gasteiger partial charge in [0.15, 0.2) is 4.20 Å². The molecule has 0 bridgehead atoms. The Morgan fingerprint density at radius 1 is 0.688 bits per heavy atom. The van der Waals surface area contributed by atoms with Crippen LogP contribution in [0.1, 0.15) is 51.9 Å². The second-order valence-electron chi connectivity index (χ2n) is 8.05. The molecule has 0 fully saturated rings. The van der Waals surface area contributed by atoms with Crippen molar-refractivity contribution in [3.63, 3.8) is 0 Å². The third kappa shape index (κ3) is 5.76. The predicted octanol–water partition coefficient (Wildman–Crippen LogP) is 8.38. The molecule has 3 nitrogen and oxygen atoms in total. The zero-order valence-electron chi connectivity index (χ0n) is 18.7. The molecule has 0 amide bonds. The molecule has 0 aliphatic rings. The predicted molar refractivity (Wildman–Crippen MR) is 138 cm³/mol. The van der Waals surface area contributed by atoms with Crippen molar-refractivity contribution in [1.29, 1.82) is 0 Å². The van der Waals surface area contributed by atoms with E-state index in [1.165, 1.54) is 41.9 Å². The van der Waals surface area contributed by atoms with Crippen molar-refractivity contribution in [2.24, 2.45) is 0 Å². The molecule has 0 unspecified atom stereocenters. The van der Waals surface area contributed by atoms with E-state index in [2.05, 4.69) is 95.6 Å². The van der Waals surface area contributed by atoms with Gasteiger partial charge in [0.05, 0.1) is 5.52 Å². The van der Waals surface area contributed by atoms with Gasteiger partial charge >= 0.3 is 0 Å². The Balaban J connectivity index is 1.71. The van der Waals surface area contributed by atoms with Gasteiger partial charge in [-0.3, -0.25) is 0 Å². The van der Waals surface area contributed by atoms with Crippen LogP contribution >= 0.6 is 23.5 Å². The van der Waals surface area contributed by atoms with Gasteiger partial charge in [-0.15, -0.1) is 5.10 Å². The van der Waals surface area contributed by atoms with Gasteiger partial charge in [0.1, 0.15) is 5.52 Å². The lowest BCUT2D eigenvalue weighted by Crippen LogP contribution is -2.28. The summed E-state index contributed by atoms with van der Waals surface area (Å²) in [6.07, 6.45) is 8.67. The quantitative estimate of drug-likeness (QED) is 0.120. The molecule has 166 valence electrons. The molecule has 1 aromatic heterocycles. The third-order valence-corrected chi connectivity index (χ3v) is 8.47. The van der Waals surface area contributed by atoms with E-state index in [0.717, 1.165) is 23.9 Å². The molecule has 32 heavy (non-hydrogen) atoms. The molecular formula is C27H31N3S2. The van der Waals surface area contributed by atoms with Gasteiger partial charge in [-0.2, -0.15) is 0 Å². The van der Waals surface area contributed by atoms with Crippen LogP contribution in [0.4, 0.5) is 0 Å². The zero-order valence-corrected chi connectivity index (χ0v) is 20.3. The second-order valence-corrected chi connectivity index (χ2v) is 11.0. The smallest absolute Gasteiger partial charge is 0.164 e. The van der Waals surface area contributed by atoms with Gasteiger partial charge in [0.2, 0.25) is 0 Å². The lowest BCUT2D eigenvalue weighted by molar-refractivity contribution is 0.478. The monoisotopic (exact) mass is 461 g/mol. The average Bonchev–Trinajstić information content (AvgIpc) is 3.27. The van der Waals surface area contributed by atoms with Crippen molar-refractivity contribution in [1.82, 2.24) is 15.0 Å². The van der Waals surface area contributed by atoms with Gasteiger partial charge < -0.3 is 0 Å². The van der Waals surface area contributed by atoms with Crippen LogP contribution in [0.2, 0.25) is 0 Å². The highest BCUT2D eigenvalue weighted by atomic mass is 32.2. The zero-order chi connectivity index (χ0) is 22.1. The third-order valence-electron chi connectivity index (χ3n) is 5.56. The van der Waals surface area contributed by atoms with Gasteiger partial charge in [0.25, 0.3) is 0 Å². The summed E-state index contributed by atoms with van der Waals surface area (Å²) in [5.74, 6) is 0. The summed E-state index contributed by atoms with van der Waals surface area (Å²) in [7, 11) is 0. The number of thioether (sulfide) groups is 2. The van der Waals surface area contributed by atoms with Crippen LogP contribution in [-0.2, 0) is 4.20 Å². The number of fused-ring (bicyclic) bond motifs is 1. The van der Waals surface area contributed by atoms with Crippen molar-refractivity contribution in [3.05, 3.63) is 84.9 Å². The Bertz CT molecular complexity index is 1040. The van der Waals surface area contributed by atoms with E-state index in [0.29, 0.717) is 0 Å². The maximum Gasteiger partial charge on any atom is 0.164 e. The lowest BCUT2D eigenvalue weighted by Gasteiger charge is -2.33. The van der Waals surface area contributed by atoms with Crippen LogP contribution in [0, 0.1) is 0 Å².